The third kappa shape index (κ3) is 4.83. The quantitative estimate of drug-likeness (QED) is 0.439. The summed E-state index contributed by atoms with van der Waals surface area (Å²) < 4.78 is 20.2. The first-order chi connectivity index (χ1) is 15.5. The van der Waals surface area contributed by atoms with Crippen molar-refractivity contribution in [2.24, 2.45) is 5.92 Å². The first-order valence-electron chi connectivity index (χ1n) is 11.1. The molecule has 2 fully saturated rings. The zero-order valence-electron chi connectivity index (χ0n) is 18.4. The van der Waals surface area contributed by atoms with Gasteiger partial charge in [0.2, 0.25) is 0 Å². The first-order valence-corrected chi connectivity index (χ1v) is 11.1. The lowest BCUT2D eigenvalue weighted by molar-refractivity contribution is 0.0766. The number of carbonyl (C=O) groups excluding carboxylic acids is 1. The second kappa shape index (κ2) is 9.67. The number of aliphatic hydroxyl groups is 1. The largest absolute Gasteiger partial charge is 0.493 e. The molecule has 33 heavy (non-hydrogen) atoms. The molecule has 5 rings (SSSR count). The predicted octanol–water partition coefficient (Wildman–Crippen LogP) is 3.34. The number of aromatic nitrogens is 2. The molecule has 1 aliphatic heterocycles. The standard InChI is InChI=1S/C24H27FN4O3.ClH/c1-13-21(24(31)29-18-7-8-26-11-19(18)30)23-22(28-13)16(6-9-27-23)17-10-15(25)4-5-20(17)32-12-14-2-3-14;/h4-6,9-10,14,18-19,26,28,30H,2-3,7-8,11-12H2,1H3,(H,29,31);1H/t18-,19-;/m1./s1. The highest BCUT2D eigenvalue weighted by atomic mass is 35.5. The van der Waals surface area contributed by atoms with E-state index in [4.69, 9.17) is 4.74 Å². The molecule has 1 aromatic carbocycles. The molecule has 1 amide bonds. The number of benzene rings is 1. The van der Waals surface area contributed by atoms with Gasteiger partial charge in [0, 0.05) is 29.6 Å². The van der Waals surface area contributed by atoms with Gasteiger partial charge in [-0.15, -0.1) is 12.4 Å². The number of piperidine rings is 1. The topological polar surface area (TPSA) is 99.3 Å². The van der Waals surface area contributed by atoms with Crippen LogP contribution in [0.15, 0.2) is 30.5 Å². The minimum atomic E-state index is -0.639. The Balaban J connectivity index is 0.00000259. The fourth-order valence-electron chi connectivity index (χ4n) is 4.29. The number of aliphatic hydroxyl groups excluding tert-OH is 1. The van der Waals surface area contributed by atoms with Crippen LogP contribution < -0.4 is 15.4 Å². The van der Waals surface area contributed by atoms with E-state index in [0.717, 1.165) is 24.9 Å². The molecule has 0 spiro atoms. The molecule has 1 saturated carbocycles. The van der Waals surface area contributed by atoms with Gasteiger partial charge in [-0.3, -0.25) is 9.78 Å². The number of nitrogens with one attached hydrogen (secondary N) is 3. The van der Waals surface area contributed by atoms with Crippen molar-refractivity contribution in [3.8, 4) is 16.9 Å². The lowest BCUT2D eigenvalue weighted by Crippen LogP contribution is -2.52. The lowest BCUT2D eigenvalue weighted by Gasteiger charge is -2.29. The van der Waals surface area contributed by atoms with Gasteiger partial charge in [-0.1, -0.05) is 0 Å². The molecular formula is C24H28ClFN4O3. The van der Waals surface area contributed by atoms with Crippen molar-refractivity contribution in [2.45, 2.75) is 38.3 Å². The summed E-state index contributed by atoms with van der Waals surface area (Å²) in [6.45, 7) is 3.61. The number of aromatic amines is 1. The van der Waals surface area contributed by atoms with Gasteiger partial charge in [0.15, 0.2) is 0 Å². The summed E-state index contributed by atoms with van der Waals surface area (Å²) in [5.74, 6) is 0.541. The maximum atomic E-state index is 14.2. The zero-order valence-corrected chi connectivity index (χ0v) is 19.2. The van der Waals surface area contributed by atoms with Crippen LogP contribution in [-0.2, 0) is 0 Å². The van der Waals surface area contributed by atoms with E-state index in [-0.39, 0.29) is 30.2 Å². The molecule has 0 radical (unpaired) electrons. The number of aryl methyl sites for hydroxylation is 1. The third-order valence-corrected chi connectivity index (χ3v) is 6.27. The second-order valence-electron chi connectivity index (χ2n) is 8.74. The van der Waals surface area contributed by atoms with E-state index in [1.54, 1.807) is 18.3 Å². The van der Waals surface area contributed by atoms with Crippen LogP contribution in [0.4, 0.5) is 4.39 Å². The SMILES string of the molecule is Cc1[nH]c2c(-c3cc(F)ccc3OCC3CC3)ccnc2c1C(=O)N[C@@H]1CCNC[C@H]1O.Cl. The fourth-order valence-corrected chi connectivity index (χ4v) is 4.29. The Bertz CT molecular complexity index is 1160. The summed E-state index contributed by atoms with van der Waals surface area (Å²) in [4.78, 5) is 20.8. The number of ether oxygens (including phenoxy) is 1. The van der Waals surface area contributed by atoms with Crippen molar-refractivity contribution in [2.75, 3.05) is 19.7 Å². The van der Waals surface area contributed by atoms with Crippen molar-refractivity contribution in [3.63, 3.8) is 0 Å². The van der Waals surface area contributed by atoms with Crippen molar-refractivity contribution in [1.82, 2.24) is 20.6 Å². The van der Waals surface area contributed by atoms with Gasteiger partial charge < -0.3 is 25.5 Å². The molecule has 3 aromatic rings. The summed E-state index contributed by atoms with van der Waals surface area (Å²) >= 11 is 0. The number of β-amino-alcohol motifs (C(OH)–C–C–N with tert-alkyl or cyclic N) is 1. The Hall–Kier alpha value is -2.68. The number of halogens is 2. The zero-order chi connectivity index (χ0) is 22.2. The smallest absolute Gasteiger partial charge is 0.255 e. The van der Waals surface area contributed by atoms with Crippen LogP contribution in [0.2, 0.25) is 0 Å². The monoisotopic (exact) mass is 474 g/mol. The Morgan fingerprint density at radius 2 is 2.09 bits per heavy atom. The van der Waals surface area contributed by atoms with E-state index in [2.05, 4.69) is 20.6 Å². The minimum absolute atomic E-state index is 0. The maximum absolute atomic E-state index is 14.2. The molecule has 4 N–H and O–H groups in total. The number of amides is 1. The molecule has 1 saturated heterocycles. The van der Waals surface area contributed by atoms with Gasteiger partial charge in [0.25, 0.3) is 5.91 Å². The molecular weight excluding hydrogens is 447 g/mol. The van der Waals surface area contributed by atoms with Gasteiger partial charge in [0.05, 0.1) is 29.8 Å². The summed E-state index contributed by atoms with van der Waals surface area (Å²) in [5.41, 5.74) is 3.62. The minimum Gasteiger partial charge on any atom is -0.493 e. The highest BCUT2D eigenvalue weighted by Gasteiger charge is 2.28. The van der Waals surface area contributed by atoms with Gasteiger partial charge >= 0.3 is 0 Å². The average molecular weight is 475 g/mol. The van der Waals surface area contributed by atoms with Crippen LogP contribution in [0.5, 0.6) is 5.75 Å². The van der Waals surface area contributed by atoms with Crippen molar-refractivity contribution >= 4 is 29.3 Å². The number of nitrogens with zero attached hydrogens (tertiary/aromatic N) is 1. The van der Waals surface area contributed by atoms with Crippen LogP contribution in [0.1, 0.15) is 35.3 Å². The summed E-state index contributed by atoms with van der Waals surface area (Å²) in [6, 6.07) is 5.99. The number of carbonyl (C=O) groups is 1. The van der Waals surface area contributed by atoms with Crippen LogP contribution in [0.25, 0.3) is 22.2 Å². The summed E-state index contributed by atoms with van der Waals surface area (Å²) in [7, 11) is 0. The average Bonchev–Trinajstić information content (AvgIpc) is 3.54. The molecule has 2 aliphatic rings. The molecule has 3 heterocycles. The van der Waals surface area contributed by atoms with E-state index in [1.807, 2.05) is 6.92 Å². The van der Waals surface area contributed by atoms with Crippen molar-refractivity contribution < 1.29 is 19.0 Å². The molecule has 2 aromatic heterocycles. The Kier molecular flexibility index (Phi) is 6.88. The van der Waals surface area contributed by atoms with Gasteiger partial charge in [-0.2, -0.15) is 0 Å². The van der Waals surface area contributed by atoms with Gasteiger partial charge in [-0.25, -0.2) is 4.39 Å². The number of rotatable bonds is 6. The molecule has 176 valence electrons. The number of hydrogen-bond acceptors (Lipinski definition) is 5. The van der Waals surface area contributed by atoms with E-state index < -0.39 is 6.10 Å². The highest BCUT2D eigenvalue weighted by Crippen LogP contribution is 2.37. The normalized spacial score (nSPS) is 20.3. The predicted molar refractivity (Wildman–Crippen MR) is 126 cm³/mol. The number of hydrogen-bond donors (Lipinski definition) is 4. The molecule has 0 unspecified atom stereocenters. The van der Waals surface area contributed by atoms with Crippen molar-refractivity contribution in [3.05, 3.63) is 47.5 Å². The third-order valence-electron chi connectivity index (χ3n) is 6.27. The van der Waals surface area contributed by atoms with Crippen LogP contribution in [0, 0.1) is 18.7 Å². The first kappa shape index (κ1) is 23.5. The van der Waals surface area contributed by atoms with Crippen LogP contribution in [0.3, 0.4) is 0 Å². The van der Waals surface area contributed by atoms with Crippen LogP contribution >= 0.6 is 12.4 Å². The number of fused-ring (bicyclic) bond motifs is 1. The lowest BCUT2D eigenvalue weighted by atomic mass is 10.0. The van der Waals surface area contributed by atoms with Crippen LogP contribution in [-0.4, -0.2) is 52.8 Å². The second-order valence-corrected chi connectivity index (χ2v) is 8.74. The molecule has 1 aliphatic carbocycles. The number of pyridine rings is 1. The Morgan fingerprint density at radius 3 is 2.85 bits per heavy atom. The highest BCUT2D eigenvalue weighted by molar-refractivity contribution is 6.09. The molecule has 0 bridgehead atoms. The molecule has 2 atom stereocenters. The summed E-state index contributed by atoms with van der Waals surface area (Å²) in [5, 5.41) is 16.2. The van der Waals surface area contributed by atoms with E-state index >= 15 is 0 Å². The number of H-pyrrole nitrogens is 1. The summed E-state index contributed by atoms with van der Waals surface area (Å²) in [6.07, 6.45) is 3.96. The van der Waals surface area contributed by atoms with Gasteiger partial charge in [-0.05, 0) is 62.9 Å². The molecule has 7 nitrogen and oxygen atoms in total. The Labute approximate surface area is 197 Å². The van der Waals surface area contributed by atoms with E-state index in [9.17, 15) is 14.3 Å². The van der Waals surface area contributed by atoms with E-state index in [0.29, 0.717) is 59.1 Å². The van der Waals surface area contributed by atoms with Gasteiger partial charge in [0.1, 0.15) is 17.1 Å². The Morgan fingerprint density at radius 1 is 1.27 bits per heavy atom. The van der Waals surface area contributed by atoms with E-state index in [1.165, 1.54) is 12.1 Å². The maximum Gasteiger partial charge on any atom is 0.255 e. The van der Waals surface area contributed by atoms with Crippen molar-refractivity contribution in [1.29, 1.82) is 0 Å². The molecule has 9 heteroatoms. The fraction of sp³-hybridized carbons (Fsp3) is 0.417.